The zero-order valence-corrected chi connectivity index (χ0v) is 8.65. The molecule has 0 saturated carbocycles. The summed E-state index contributed by atoms with van der Waals surface area (Å²) in [6.45, 7) is 1.22. The average Bonchev–Trinajstić information content (AvgIpc) is 2.61. The molecule has 0 aromatic carbocycles. The maximum atomic E-state index is 11.3. The molecule has 0 radical (unpaired) electrons. The Balaban J connectivity index is 2.64. The molecule has 0 bridgehead atoms. The maximum absolute atomic E-state index is 11.3. The fourth-order valence-corrected chi connectivity index (χ4v) is 1.44. The molecule has 6 heteroatoms. The number of urea groups is 1. The second-order valence-corrected chi connectivity index (χ2v) is 2.89. The number of hydrogen-bond acceptors (Lipinski definition) is 4. The molecule has 1 aliphatic rings. The van der Waals surface area contributed by atoms with Crippen molar-refractivity contribution in [3.8, 4) is 0 Å². The summed E-state index contributed by atoms with van der Waals surface area (Å²) in [6.07, 6.45) is -1.07. The van der Waals surface area contributed by atoms with Crippen molar-refractivity contribution in [2.24, 2.45) is 0 Å². The predicted octanol–water partition coefficient (Wildman–Crippen LogP) is -0.397. The van der Waals surface area contributed by atoms with Gasteiger partial charge in [0.25, 0.3) is 0 Å². The molecule has 6 nitrogen and oxygen atoms in total. The van der Waals surface area contributed by atoms with Crippen molar-refractivity contribution in [3.05, 3.63) is 0 Å². The van der Waals surface area contributed by atoms with Gasteiger partial charge < -0.3 is 19.5 Å². The van der Waals surface area contributed by atoms with Crippen molar-refractivity contribution in [3.63, 3.8) is 0 Å². The van der Waals surface area contributed by atoms with Crippen molar-refractivity contribution in [1.82, 2.24) is 10.2 Å². The first-order valence-corrected chi connectivity index (χ1v) is 4.37. The zero-order valence-electron chi connectivity index (χ0n) is 8.65. The largest absolute Gasteiger partial charge is 0.356 e. The summed E-state index contributed by atoms with van der Waals surface area (Å²) in [4.78, 5) is 12.9. The Labute approximate surface area is 83.1 Å². The molecule has 1 aliphatic heterocycles. The maximum Gasteiger partial charge on any atom is 0.319 e. The fraction of sp³-hybridized carbons (Fsp3) is 0.875. The van der Waals surface area contributed by atoms with Crippen molar-refractivity contribution in [1.29, 1.82) is 0 Å². The van der Waals surface area contributed by atoms with Gasteiger partial charge in [0.2, 0.25) is 6.29 Å². The van der Waals surface area contributed by atoms with Gasteiger partial charge in [-0.15, -0.1) is 0 Å². The van der Waals surface area contributed by atoms with E-state index in [9.17, 15) is 4.79 Å². The van der Waals surface area contributed by atoms with Crippen LogP contribution in [0.3, 0.4) is 0 Å². The Kier molecular flexibility index (Phi) is 4.12. The molecule has 0 aliphatic carbocycles. The molecule has 82 valence electrons. The third-order valence-electron chi connectivity index (χ3n) is 2.14. The third kappa shape index (κ3) is 2.14. The minimum atomic E-state index is -0.566. The molecule has 0 aromatic rings. The lowest BCUT2D eigenvalue weighted by molar-refractivity contribution is -0.206. The van der Waals surface area contributed by atoms with Gasteiger partial charge in [0.1, 0.15) is 0 Å². The van der Waals surface area contributed by atoms with Gasteiger partial charge in [-0.2, -0.15) is 0 Å². The highest BCUT2D eigenvalue weighted by molar-refractivity contribution is 5.76. The van der Waals surface area contributed by atoms with E-state index in [1.807, 2.05) is 0 Å². The summed E-state index contributed by atoms with van der Waals surface area (Å²) in [7, 11) is 4.53. The molecule has 1 unspecified atom stereocenters. The van der Waals surface area contributed by atoms with Gasteiger partial charge >= 0.3 is 6.03 Å². The number of carbonyl (C=O) groups excluding carboxylic acids is 1. The highest BCUT2D eigenvalue weighted by atomic mass is 16.7. The summed E-state index contributed by atoms with van der Waals surface area (Å²) < 4.78 is 15.3. The molecule has 2 amide bonds. The normalized spacial score (nSPS) is 18.9. The quantitative estimate of drug-likeness (QED) is 0.619. The molecule has 1 fully saturated rings. The highest BCUT2D eigenvalue weighted by Gasteiger charge is 2.33. The standard InChI is InChI=1S/C8H16N2O4/c1-12-6(7(13-2)14-3)10-5-4-9-8(10)11/h6-7H,4-5H2,1-3H3,(H,9,11). The second-order valence-electron chi connectivity index (χ2n) is 2.89. The van der Waals surface area contributed by atoms with Crippen molar-refractivity contribution in [2.45, 2.75) is 12.5 Å². The first kappa shape index (κ1) is 11.2. The number of rotatable bonds is 5. The van der Waals surface area contributed by atoms with Gasteiger partial charge in [0.05, 0.1) is 0 Å². The fourth-order valence-electron chi connectivity index (χ4n) is 1.44. The lowest BCUT2D eigenvalue weighted by atomic mass is 10.4. The van der Waals surface area contributed by atoms with Crippen LogP contribution in [-0.4, -0.2) is 57.9 Å². The topological polar surface area (TPSA) is 60.0 Å². The molecule has 0 aromatic heterocycles. The Bertz CT molecular complexity index is 196. The highest BCUT2D eigenvalue weighted by Crippen LogP contribution is 2.12. The van der Waals surface area contributed by atoms with Crippen LogP contribution >= 0.6 is 0 Å². The van der Waals surface area contributed by atoms with Crippen LogP contribution < -0.4 is 5.32 Å². The Morgan fingerprint density at radius 1 is 1.29 bits per heavy atom. The molecule has 1 saturated heterocycles. The number of nitrogens with one attached hydrogen (secondary N) is 1. The van der Waals surface area contributed by atoms with Crippen molar-refractivity contribution < 1.29 is 19.0 Å². The van der Waals surface area contributed by atoms with Crippen molar-refractivity contribution >= 4 is 6.03 Å². The Morgan fingerprint density at radius 3 is 2.29 bits per heavy atom. The average molecular weight is 204 g/mol. The molecule has 0 spiro atoms. The SMILES string of the molecule is COC(OC)C(OC)N1CCNC1=O. The second kappa shape index (κ2) is 5.14. The van der Waals surface area contributed by atoms with E-state index in [4.69, 9.17) is 14.2 Å². The summed E-state index contributed by atoms with van der Waals surface area (Å²) >= 11 is 0. The van der Waals surface area contributed by atoms with E-state index in [0.29, 0.717) is 13.1 Å². The first-order valence-electron chi connectivity index (χ1n) is 4.37. The van der Waals surface area contributed by atoms with Gasteiger partial charge in [-0.1, -0.05) is 0 Å². The van der Waals surface area contributed by atoms with Crippen LogP contribution in [0, 0.1) is 0 Å². The number of ether oxygens (including phenoxy) is 3. The van der Waals surface area contributed by atoms with Crippen LogP contribution in [-0.2, 0) is 14.2 Å². The molecule has 14 heavy (non-hydrogen) atoms. The van der Waals surface area contributed by atoms with E-state index in [1.54, 1.807) is 0 Å². The van der Waals surface area contributed by atoms with E-state index < -0.39 is 12.5 Å². The van der Waals surface area contributed by atoms with E-state index in [2.05, 4.69) is 5.32 Å². The monoisotopic (exact) mass is 204 g/mol. The number of carbonyl (C=O) groups is 1. The van der Waals surface area contributed by atoms with Gasteiger partial charge in [-0.05, 0) is 0 Å². The summed E-state index contributed by atoms with van der Waals surface area (Å²) in [5.41, 5.74) is 0. The molecule has 1 atom stereocenters. The molecular formula is C8H16N2O4. The number of methoxy groups -OCH3 is 3. The third-order valence-corrected chi connectivity index (χ3v) is 2.14. The van der Waals surface area contributed by atoms with Crippen molar-refractivity contribution in [2.75, 3.05) is 34.4 Å². The Morgan fingerprint density at radius 2 is 1.93 bits per heavy atom. The molecule has 1 heterocycles. The zero-order chi connectivity index (χ0) is 10.6. The van der Waals surface area contributed by atoms with Crippen LogP contribution in [0.4, 0.5) is 4.79 Å². The molecule has 1 N–H and O–H groups in total. The van der Waals surface area contributed by atoms with Gasteiger partial charge in [-0.25, -0.2) is 4.79 Å². The minimum absolute atomic E-state index is 0.157. The first-order chi connectivity index (χ1) is 6.74. The smallest absolute Gasteiger partial charge is 0.319 e. The summed E-state index contributed by atoms with van der Waals surface area (Å²) in [6, 6.07) is -0.157. The van der Waals surface area contributed by atoms with Crippen LogP contribution in [0.5, 0.6) is 0 Å². The van der Waals surface area contributed by atoms with Crippen LogP contribution in [0.2, 0.25) is 0 Å². The number of amides is 2. The summed E-state index contributed by atoms with van der Waals surface area (Å²) in [5.74, 6) is 0. The minimum Gasteiger partial charge on any atom is -0.356 e. The molecular weight excluding hydrogens is 188 g/mol. The van der Waals surface area contributed by atoms with Crippen LogP contribution in [0.25, 0.3) is 0 Å². The van der Waals surface area contributed by atoms with E-state index in [1.165, 1.54) is 26.2 Å². The molecule has 1 rings (SSSR count). The van der Waals surface area contributed by atoms with Gasteiger partial charge in [0, 0.05) is 34.4 Å². The number of hydrogen-bond donors (Lipinski definition) is 1. The van der Waals surface area contributed by atoms with E-state index in [-0.39, 0.29) is 6.03 Å². The van der Waals surface area contributed by atoms with Crippen LogP contribution in [0.1, 0.15) is 0 Å². The van der Waals surface area contributed by atoms with Gasteiger partial charge in [-0.3, -0.25) is 4.90 Å². The lowest BCUT2D eigenvalue weighted by Gasteiger charge is -2.30. The lowest BCUT2D eigenvalue weighted by Crippen LogP contribution is -2.48. The van der Waals surface area contributed by atoms with E-state index >= 15 is 0 Å². The summed E-state index contributed by atoms with van der Waals surface area (Å²) in [5, 5.41) is 2.68. The van der Waals surface area contributed by atoms with Gasteiger partial charge in [0.15, 0.2) is 6.23 Å². The Hall–Kier alpha value is -0.850. The van der Waals surface area contributed by atoms with E-state index in [0.717, 1.165) is 0 Å². The van der Waals surface area contributed by atoms with Crippen LogP contribution in [0.15, 0.2) is 0 Å². The predicted molar refractivity (Wildman–Crippen MR) is 48.7 cm³/mol. The number of nitrogens with zero attached hydrogens (tertiary/aromatic N) is 1.